The molecule has 0 aliphatic rings. The Morgan fingerprint density at radius 1 is 1.32 bits per heavy atom. The lowest BCUT2D eigenvalue weighted by atomic mass is 9.97. The maximum absolute atomic E-state index is 13.5. The number of hydrogen-bond donors (Lipinski definition) is 1. The number of ether oxygens (including phenoxy) is 1. The average molecular weight is 279 g/mol. The minimum Gasteiger partial charge on any atom is -0.496 e. The van der Waals surface area contributed by atoms with Crippen LogP contribution in [-0.2, 0) is 0 Å². The van der Waals surface area contributed by atoms with Crippen LogP contribution in [0.3, 0.4) is 0 Å². The van der Waals surface area contributed by atoms with Crippen LogP contribution in [0.1, 0.15) is 29.7 Å². The van der Waals surface area contributed by atoms with Gasteiger partial charge >= 0.3 is 0 Å². The van der Waals surface area contributed by atoms with Gasteiger partial charge in [-0.25, -0.2) is 4.39 Å². The Labute approximate surface area is 117 Å². The second-order valence-electron chi connectivity index (χ2n) is 4.39. The van der Waals surface area contributed by atoms with E-state index in [0.717, 1.165) is 12.1 Å². The van der Waals surface area contributed by atoms with Crippen LogP contribution >= 0.6 is 11.3 Å². The number of rotatable bonds is 5. The Bertz CT molecular complexity index is 553. The van der Waals surface area contributed by atoms with Crippen molar-refractivity contribution in [2.24, 2.45) is 0 Å². The molecule has 2 rings (SSSR count). The Hall–Kier alpha value is -1.39. The fourth-order valence-corrected chi connectivity index (χ4v) is 3.07. The van der Waals surface area contributed by atoms with E-state index in [1.54, 1.807) is 30.6 Å². The van der Waals surface area contributed by atoms with Crippen molar-refractivity contribution in [3.8, 4) is 5.75 Å². The molecule has 2 nitrogen and oxygen atoms in total. The number of hydrogen-bond acceptors (Lipinski definition) is 3. The molecule has 1 aromatic carbocycles. The van der Waals surface area contributed by atoms with E-state index >= 15 is 0 Å². The topological polar surface area (TPSA) is 21.3 Å². The number of aryl methyl sites for hydroxylation is 1. The van der Waals surface area contributed by atoms with Crippen LogP contribution in [0.15, 0.2) is 29.0 Å². The van der Waals surface area contributed by atoms with Gasteiger partial charge in [-0.1, -0.05) is 6.92 Å². The van der Waals surface area contributed by atoms with Crippen LogP contribution in [0.2, 0.25) is 0 Å². The third kappa shape index (κ3) is 2.96. The molecule has 4 heteroatoms. The van der Waals surface area contributed by atoms with Crippen LogP contribution in [0, 0.1) is 12.7 Å². The third-order valence-corrected chi connectivity index (χ3v) is 4.00. The zero-order chi connectivity index (χ0) is 13.8. The van der Waals surface area contributed by atoms with Gasteiger partial charge in [0.05, 0.1) is 13.2 Å². The maximum Gasteiger partial charge on any atom is 0.124 e. The van der Waals surface area contributed by atoms with Crippen molar-refractivity contribution in [1.82, 2.24) is 5.32 Å². The summed E-state index contributed by atoms with van der Waals surface area (Å²) in [4.78, 5) is 0. The van der Waals surface area contributed by atoms with Gasteiger partial charge in [0.15, 0.2) is 0 Å². The Balaban J connectivity index is 2.50. The monoisotopic (exact) mass is 279 g/mol. The van der Waals surface area contributed by atoms with E-state index in [1.807, 2.05) is 6.92 Å². The Morgan fingerprint density at radius 2 is 2.11 bits per heavy atom. The molecule has 1 N–H and O–H groups in total. The minimum absolute atomic E-state index is 0.0399. The van der Waals surface area contributed by atoms with Gasteiger partial charge in [0, 0.05) is 5.56 Å². The second kappa shape index (κ2) is 6.17. The van der Waals surface area contributed by atoms with E-state index < -0.39 is 0 Å². The highest BCUT2D eigenvalue weighted by atomic mass is 32.1. The largest absolute Gasteiger partial charge is 0.496 e. The minimum atomic E-state index is -0.244. The van der Waals surface area contributed by atoms with Crippen molar-refractivity contribution in [3.05, 3.63) is 51.5 Å². The molecule has 0 saturated carbocycles. The summed E-state index contributed by atoms with van der Waals surface area (Å²) >= 11 is 1.66. The number of nitrogens with one attached hydrogen (secondary N) is 1. The van der Waals surface area contributed by atoms with Gasteiger partial charge in [0.2, 0.25) is 0 Å². The molecule has 102 valence electrons. The average Bonchev–Trinajstić information content (AvgIpc) is 2.82. The molecule has 0 radical (unpaired) electrons. The summed E-state index contributed by atoms with van der Waals surface area (Å²) in [5.41, 5.74) is 3.23. The van der Waals surface area contributed by atoms with Gasteiger partial charge in [0.25, 0.3) is 0 Å². The molecule has 1 heterocycles. The van der Waals surface area contributed by atoms with Crippen LogP contribution in [-0.4, -0.2) is 13.7 Å². The van der Waals surface area contributed by atoms with Crippen LogP contribution in [0.4, 0.5) is 4.39 Å². The molecular formula is C15H18FNOS. The van der Waals surface area contributed by atoms with E-state index in [1.165, 1.54) is 17.2 Å². The number of thiophene rings is 1. The number of benzene rings is 1. The van der Waals surface area contributed by atoms with Crippen LogP contribution in [0.5, 0.6) is 5.75 Å². The van der Waals surface area contributed by atoms with E-state index in [9.17, 15) is 4.39 Å². The second-order valence-corrected chi connectivity index (χ2v) is 5.13. The molecule has 0 aliphatic carbocycles. The summed E-state index contributed by atoms with van der Waals surface area (Å²) < 4.78 is 18.9. The van der Waals surface area contributed by atoms with Crippen molar-refractivity contribution in [2.45, 2.75) is 19.9 Å². The lowest BCUT2D eigenvalue weighted by molar-refractivity contribution is 0.402. The van der Waals surface area contributed by atoms with Crippen molar-refractivity contribution in [2.75, 3.05) is 13.7 Å². The first-order valence-electron chi connectivity index (χ1n) is 6.26. The van der Waals surface area contributed by atoms with Crippen molar-refractivity contribution >= 4 is 11.3 Å². The Kier molecular flexibility index (Phi) is 4.56. The van der Waals surface area contributed by atoms with E-state index in [2.05, 4.69) is 23.0 Å². The highest BCUT2D eigenvalue weighted by Crippen LogP contribution is 2.33. The number of halogens is 1. The molecular weight excluding hydrogens is 261 g/mol. The van der Waals surface area contributed by atoms with Crippen LogP contribution < -0.4 is 10.1 Å². The van der Waals surface area contributed by atoms with Gasteiger partial charge in [-0.15, -0.1) is 0 Å². The maximum atomic E-state index is 13.5. The lowest BCUT2D eigenvalue weighted by Gasteiger charge is -2.21. The predicted molar refractivity (Wildman–Crippen MR) is 77.5 cm³/mol. The summed E-state index contributed by atoms with van der Waals surface area (Å²) in [6.45, 7) is 4.92. The molecule has 0 amide bonds. The molecule has 1 aromatic heterocycles. The molecule has 0 aliphatic heterocycles. The highest BCUT2D eigenvalue weighted by molar-refractivity contribution is 7.08. The molecule has 2 aromatic rings. The SMILES string of the molecule is CCNC(c1cscc1C)c1cc(F)ccc1OC. The van der Waals surface area contributed by atoms with Gasteiger partial charge in [0.1, 0.15) is 11.6 Å². The normalized spacial score (nSPS) is 12.4. The molecule has 0 spiro atoms. The van der Waals surface area contributed by atoms with Crippen molar-refractivity contribution < 1.29 is 9.13 Å². The van der Waals surface area contributed by atoms with E-state index in [0.29, 0.717) is 5.75 Å². The first-order valence-corrected chi connectivity index (χ1v) is 7.21. The summed E-state index contributed by atoms with van der Waals surface area (Å²) in [5, 5.41) is 7.61. The zero-order valence-corrected chi connectivity index (χ0v) is 12.2. The van der Waals surface area contributed by atoms with Gasteiger partial charge in [-0.2, -0.15) is 11.3 Å². The first kappa shape index (κ1) is 14.0. The van der Waals surface area contributed by atoms with Crippen molar-refractivity contribution in [1.29, 1.82) is 0 Å². The Morgan fingerprint density at radius 3 is 2.68 bits per heavy atom. The first-order chi connectivity index (χ1) is 9.17. The fourth-order valence-electron chi connectivity index (χ4n) is 2.19. The molecule has 0 fully saturated rings. The molecule has 1 unspecified atom stereocenters. The van der Waals surface area contributed by atoms with Gasteiger partial charge in [-0.05, 0) is 53.6 Å². The summed E-state index contributed by atoms with van der Waals surface area (Å²) in [6.07, 6.45) is 0. The molecule has 0 saturated heterocycles. The molecule has 19 heavy (non-hydrogen) atoms. The van der Waals surface area contributed by atoms with E-state index in [4.69, 9.17) is 4.74 Å². The highest BCUT2D eigenvalue weighted by Gasteiger charge is 2.20. The van der Waals surface area contributed by atoms with Crippen LogP contribution in [0.25, 0.3) is 0 Å². The van der Waals surface area contributed by atoms with Gasteiger partial charge in [-0.3, -0.25) is 0 Å². The summed E-state index contributed by atoms with van der Waals surface area (Å²) in [5.74, 6) is 0.463. The molecule has 1 atom stereocenters. The van der Waals surface area contributed by atoms with Crippen molar-refractivity contribution in [3.63, 3.8) is 0 Å². The summed E-state index contributed by atoms with van der Waals surface area (Å²) in [7, 11) is 1.61. The quantitative estimate of drug-likeness (QED) is 0.896. The molecule has 0 bridgehead atoms. The zero-order valence-electron chi connectivity index (χ0n) is 11.4. The smallest absolute Gasteiger partial charge is 0.124 e. The third-order valence-electron chi connectivity index (χ3n) is 3.12. The lowest BCUT2D eigenvalue weighted by Crippen LogP contribution is -2.22. The predicted octanol–water partition coefficient (Wildman–Crippen LogP) is 3.90. The van der Waals surface area contributed by atoms with E-state index in [-0.39, 0.29) is 11.9 Å². The number of methoxy groups -OCH3 is 1. The fraction of sp³-hybridized carbons (Fsp3) is 0.333. The standard InChI is InChI=1S/C15H18FNOS/c1-4-17-15(13-9-19-8-10(13)2)12-7-11(16)5-6-14(12)18-3/h5-9,15,17H,4H2,1-3H3. The van der Waals surface area contributed by atoms with Gasteiger partial charge < -0.3 is 10.1 Å². The summed E-state index contributed by atoms with van der Waals surface area (Å²) in [6, 6.07) is 4.60.